The van der Waals surface area contributed by atoms with Crippen LogP contribution in [0.25, 0.3) is 0 Å². The van der Waals surface area contributed by atoms with Gasteiger partial charge in [0.1, 0.15) is 0 Å². The number of likely N-dealkylation sites (N-methyl/N-ethyl adjacent to an activating group) is 1. The molecule has 2 aromatic rings. The lowest BCUT2D eigenvalue weighted by Gasteiger charge is -2.24. The zero-order chi connectivity index (χ0) is 20.7. The van der Waals surface area contributed by atoms with Gasteiger partial charge in [-0.3, -0.25) is 14.6 Å². The molecule has 1 unspecified atom stereocenters. The van der Waals surface area contributed by atoms with Gasteiger partial charge in [-0.25, -0.2) is 0 Å². The number of pyridine rings is 1. The number of nitrogens with zero attached hydrogens (tertiary/aromatic N) is 2. The van der Waals surface area contributed by atoms with Crippen LogP contribution in [-0.4, -0.2) is 57.7 Å². The Morgan fingerprint density at radius 3 is 2.32 bits per heavy atom. The number of aromatic nitrogens is 1. The smallest absolute Gasteiger partial charge is 0.254 e. The number of halogens is 1. The molecule has 1 aromatic heterocycles. The molecule has 1 aromatic carbocycles. The Balaban J connectivity index is 1.88. The molecule has 2 rings (SSSR count). The number of carbonyl (C=O) groups excluding carboxylic acids is 2. The molecule has 2 amide bonds. The Kier molecular flexibility index (Phi) is 8.10. The van der Waals surface area contributed by atoms with Gasteiger partial charge in [-0.1, -0.05) is 28.1 Å². The fraction of sp³-hybridized carbons (Fsp3) is 0.350. The van der Waals surface area contributed by atoms with E-state index in [1.165, 1.54) is 11.9 Å². The van der Waals surface area contributed by atoms with Crippen LogP contribution in [0.4, 0.5) is 0 Å². The lowest BCUT2D eigenvalue weighted by atomic mass is 10.1. The number of carbonyl (C=O) groups is 2. The molecule has 0 bridgehead atoms. The van der Waals surface area contributed by atoms with Crippen LogP contribution in [0.15, 0.2) is 53.3 Å². The van der Waals surface area contributed by atoms with E-state index in [9.17, 15) is 19.8 Å². The number of amides is 2. The molecule has 0 spiro atoms. The first-order valence-corrected chi connectivity index (χ1v) is 9.64. The third-order valence-corrected chi connectivity index (χ3v) is 4.94. The fourth-order valence-corrected chi connectivity index (χ4v) is 2.86. The largest absolute Gasteiger partial charge is 0.380 e. The van der Waals surface area contributed by atoms with E-state index < -0.39 is 24.0 Å². The zero-order valence-electron chi connectivity index (χ0n) is 15.7. The molecule has 3 atom stereocenters. The Hall–Kier alpha value is -2.29. The van der Waals surface area contributed by atoms with Gasteiger partial charge in [-0.2, -0.15) is 0 Å². The highest BCUT2D eigenvalue weighted by Gasteiger charge is 2.32. The van der Waals surface area contributed by atoms with Gasteiger partial charge in [-0.15, -0.1) is 0 Å². The van der Waals surface area contributed by atoms with E-state index in [2.05, 4.69) is 26.2 Å². The second-order valence-corrected chi connectivity index (χ2v) is 7.45. The van der Waals surface area contributed by atoms with Gasteiger partial charge in [0.2, 0.25) is 0 Å². The Labute approximate surface area is 172 Å². The molecule has 28 heavy (non-hydrogen) atoms. The summed E-state index contributed by atoms with van der Waals surface area (Å²) in [5.74, 6) is -1.52. The maximum Gasteiger partial charge on any atom is 0.254 e. The molecule has 0 aliphatic carbocycles. The Morgan fingerprint density at radius 2 is 1.71 bits per heavy atom. The molecule has 1 heterocycles. The predicted molar refractivity (Wildman–Crippen MR) is 108 cm³/mol. The van der Waals surface area contributed by atoms with Gasteiger partial charge in [0.15, 0.2) is 12.2 Å². The molecular weight excluding hydrogens is 426 g/mol. The molecule has 0 saturated heterocycles. The van der Waals surface area contributed by atoms with Gasteiger partial charge < -0.3 is 20.4 Å². The van der Waals surface area contributed by atoms with Crippen LogP contribution < -0.4 is 5.32 Å². The monoisotopic (exact) mass is 449 g/mol. The van der Waals surface area contributed by atoms with E-state index >= 15 is 0 Å². The number of hydrogen-bond donors (Lipinski definition) is 3. The molecule has 0 aliphatic rings. The average Bonchev–Trinajstić information content (AvgIpc) is 2.71. The summed E-state index contributed by atoms with van der Waals surface area (Å²) < 4.78 is 0.908. The van der Waals surface area contributed by atoms with Crippen molar-refractivity contribution in [3.05, 3.63) is 64.4 Å². The highest BCUT2D eigenvalue weighted by molar-refractivity contribution is 9.10. The molecule has 0 radical (unpaired) electrons. The van der Waals surface area contributed by atoms with Crippen LogP contribution in [0.3, 0.4) is 0 Å². The Bertz CT molecular complexity index is 786. The van der Waals surface area contributed by atoms with E-state index in [0.717, 1.165) is 15.6 Å². The number of aliphatic hydroxyl groups excluding tert-OH is 2. The summed E-state index contributed by atoms with van der Waals surface area (Å²) in [4.78, 5) is 29.8. The van der Waals surface area contributed by atoms with Gasteiger partial charge in [0.25, 0.3) is 11.8 Å². The van der Waals surface area contributed by atoms with Gasteiger partial charge in [0.05, 0.1) is 6.04 Å². The predicted octanol–water partition coefficient (Wildman–Crippen LogP) is 1.44. The zero-order valence-corrected chi connectivity index (χ0v) is 17.3. The molecule has 7 nitrogen and oxygen atoms in total. The van der Waals surface area contributed by atoms with Crippen molar-refractivity contribution < 1.29 is 19.8 Å². The minimum Gasteiger partial charge on any atom is -0.380 e. The highest BCUT2D eigenvalue weighted by atomic mass is 79.9. The van der Waals surface area contributed by atoms with Crippen molar-refractivity contribution in [3.63, 3.8) is 0 Å². The molecule has 150 valence electrons. The second kappa shape index (κ2) is 10.3. The van der Waals surface area contributed by atoms with Crippen molar-refractivity contribution in [3.8, 4) is 0 Å². The molecule has 0 saturated carbocycles. The van der Waals surface area contributed by atoms with Crippen LogP contribution in [0.1, 0.15) is 24.1 Å². The minimum absolute atomic E-state index is 0.337. The summed E-state index contributed by atoms with van der Waals surface area (Å²) in [6.07, 6.45) is 0.202. The summed E-state index contributed by atoms with van der Waals surface area (Å²) in [5.41, 5.74) is 1.82. The average molecular weight is 450 g/mol. The third-order valence-electron chi connectivity index (χ3n) is 4.41. The first kappa shape index (κ1) is 22.0. The first-order valence-electron chi connectivity index (χ1n) is 8.85. The van der Waals surface area contributed by atoms with E-state index in [0.29, 0.717) is 13.0 Å². The number of nitrogens with one attached hydrogen (secondary N) is 1. The normalized spacial score (nSPS) is 14.0. The molecule has 0 fully saturated rings. The lowest BCUT2D eigenvalue weighted by molar-refractivity contribution is -0.152. The van der Waals surface area contributed by atoms with Crippen molar-refractivity contribution in [2.75, 3.05) is 13.6 Å². The van der Waals surface area contributed by atoms with E-state index in [4.69, 9.17) is 0 Å². The van der Waals surface area contributed by atoms with Crippen LogP contribution in [-0.2, 0) is 16.0 Å². The van der Waals surface area contributed by atoms with E-state index in [1.807, 2.05) is 36.4 Å². The number of rotatable bonds is 8. The van der Waals surface area contributed by atoms with Gasteiger partial charge in [-0.05, 0) is 48.7 Å². The first-order chi connectivity index (χ1) is 13.3. The van der Waals surface area contributed by atoms with E-state index in [-0.39, 0.29) is 6.04 Å². The number of benzene rings is 1. The standard InChI is InChI=1S/C20H24BrN3O4/c1-13(15-3-5-16(21)6-4-15)23-19(27)17(25)18(26)20(28)24(2)12-9-14-7-10-22-11-8-14/h3-8,10-11,13,17-18,25-26H,9,12H2,1-2H3,(H,23,27)/t13?,17-,18-/m1/s1. The second-order valence-electron chi connectivity index (χ2n) is 6.54. The molecule has 8 heteroatoms. The van der Waals surface area contributed by atoms with Gasteiger partial charge in [0, 0.05) is 30.5 Å². The summed E-state index contributed by atoms with van der Waals surface area (Å²) in [5, 5.41) is 22.8. The third kappa shape index (κ3) is 6.12. The Morgan fingerprint density at radius 1 is 1.11 bits per heavy atom. The van der Waals surface area contributed by atoms with Crippen LogP contribution >= 0.6 is 15.9 Å². The molecular formula is C20H24BrN3O4. The van der Waals surface area contributed by atoms with Crippen molar-refractivity contribution in [2.24, 2.45) is 0 Å². The van der Waals surface area contributed by atoms with Crippen LogP contribution in [0, 0.1) is 0 Å². The summed E-state index contributed by atoms with van der Waals surface area (Å²) in [7, 11) is 1.52. The van der Waals surface area contributed by atoms with Gasteiger partial charge >= 0.3 is 0 Å². The van der Waals surface area contributed by atoms with Crippen molar-refractivity contribution in [1.82, 2.24) is 15.2 Å². The minimum atomic E-state index is -1.85. The maximum absolute atomic E-state index is 12.3. The summed E-state index contributed by atoms with van der Waals surface area (Å²) in [6.45, 7) is 2.09. The topological polar surface area (TPSA) is 103 Å². The maximum atomic E-state index is 12.3. The fourth-order valence-electron chi connectivity index (χ4n) is 2.59. The molecule has 0 aliphatic heterocycles. The SMILES string of the molecule is CC(NC(=O)[C@H](O)[C@@H](O)C(=O)N(C)CCc1ccncc1)c1ccc(Br)cc1. The van der Waals surface area contributed by atoms with Crippen LogP contribution in [0.5, 0.6) is 0 Å². The number of hydrogen-bond acceptors (Lipinski definition) is 5. The molecule has 3 N–H and O–H groups in total. The summed E-state index contributed by atoms with van der Waals surface area (Å²) in [6, 6.07) is 10.6. The quantitative estimate of drug-likeness (QED) is 0.565. The van der Waals surface area contributed by atoms with E-state index in [1.54, 1.807) is 19.3 Å². The lowest BCUT2D eigenvalue weighted by Crippen LogP contribution is -2.50. The van der Waals surface area contributed by atoms with Crippen molar-refractivity contribution >= 4 is 27.7 Å². The van der Waals surface area contributed by atoms with Crippen LogP contribution in [0.2, 0.25) is 0 Å². The number of aliphatic hydroxyl groups is 2. The summed E-state index contributed by atoms with van der Waals surface area (Å²) >= 11 is 3.34. The van der Waals surface area contributed by atoms with Crippen molar-refractivity contribution in [1.29, 1.82) is 0 Å². The highest BCUT2D eigenvalue weighted by Crippen LogP contribution is 2.16. The van der Waals surface area contributed by atoms with Crippen molar-refractivity contribution in [2.45, 2.75) is 31.6 Å².